The van der Waals surface area contributed by atoms with Crippen LogP contribution >= 0.6 is 0 Å². The molecule has 0 saturated carbocycles. The summed E-state index contributed by atoms with van der Waals surface area (Å²) in [6.07, 6.45) is 1.22. The number of rotatable bonds is 9. The molecule has 1 rings (SSSR count). The molecule has 1 aromatic rings. The second kappa shape index (κ2) is 9.77. The van der Waals surface area contributed by atoms with Crippen molar-refractivity contribution >= 4 is 23.2 Å². The van der Waals surface area contributed by atoms with Crippen molar-refractivity contribution in [1.29, 1.82) is 0 Å². The molecule has 0 atom stereocenters. The van der Waals surface area contributed by atoms with Gasteiger partial charge in [-0.2, -0.15) is 0 Å². The number of benzene rings is 1. The first-order valence-electron chi connectivity index (χ1n) is 7.05. The highest BCUT2D eigenvalue weighted by Crippen LogP contribution is 2.14. The second-order valence-corrected chi connectivity index (χ2v) is 4.53. The average molecular weight is 293 g/mol. The summed E-state index contributed by atoms with van der Waals surface area (Å²) in [5, 5.41) is 8.59. The number of anilines is 2. The van der Waals surface area contributed by atoms with E-state index in [0.29, 0.717) is 25.3 Å². The molecule has 116 valence electrons. The Hall–Kier alpha value is -2.08. The lowest BCUT2D eigenvalue weighted by molar-refractivity contribution is -0.119. The summed E-state index contributed by atoms with van der Waals surface area (Å²) < 4.78 is 4.91. The van der Waals surface area contributed by atoms with Gasteiger partial charge in [0, 0.05) is 38.1 Å². The van der Waals surface area contributed by atoms with Crippen molar-refractivity contribution in [3.8, 4) is 0 Å². The molecule has 2 amide bonds. The Morgan fingerprint density at radius 2 is 1.95 bits per heavy atom. The van der Waals surface area contributed by atoms with Gasteiger partial charge in [-0.1, -0.05) is 13.0 Å². The van der Waals surface area contributed by atoms with Crippen LogP contribution in [0.5, 0.6) is 0 Å². The largest absolute Gasteiger partial charge is 0.385 e. The quantitative estimate of drug-likeness (QED) is 0.604. The average Bonchev–Trinajstić information content (AvgIpc) is 2.50. The van der Waals surface area contributed by atoms with E-state index in [4.69, 9.17) is 4.74 Å². The Balaban J connectivity index is 2.36. The standard InChI is InChI=1S/C15H23N3O3/c1-3-14(19)18-13-7-4-6-12(10-13)17-11-15(20)16-8-5-9-21-2/h4,6-7,10,17H,3,5,8-9,11H2,1-2H3,(H,16,20)(H,18,19). The predicted molar refractivity (Wildman–Crippen MR) is 83.4 cm³/mol. The zero-order valence-corrected chi connectivity index (χ0v) is 12.6. The van der Waals surface area contributed by atoms with Gasteiger partial charge in [0.25, 0.3) is 0 Å². The van der Waals surface area contributed by atoms with Crippen LogP contribution in [-0.2, 0) is 14.3 Å². The molecular weight excluding hydrogens is 270 g/mol. The molecule has 0 heterocycles. The lowest BCUT2D eigenvalue weighted by Gasteiger charge is -2.09. The van der Waals surface area contributed by atoms with Crippen LogP contribution in [0.1, 0.15) is 19.8 Å². The normalized spacial score (nSPS) is 10.0. The summed E-state index contributed by atoms with van der Waals surface area (Å²) in [6, 6.07) is 7.28. The Morgan fingerprint density at radius 1 is 1.19 bits per heavy atom. The van der Waals surface area contributed by atoms with Gasteiger partial charge in [0.15, 0.2) is 0 Å². The first-order chi connectivity index (χ1) is 10.2. The van der Waals surface area contributed by atoms with E-state index in [2.05, 4.69) is 16.0 Å². The fourth-order valence-corrected chi connectivity index (χ4v) is 1.65. The Kier molecular flexibility index (Phi) is 7.89. The van der Waals surface area contributed by atoms with Gasteiger partial charge in [-0.25, -0.2) is 0 Å². The van der Waals surface area contributed by atoms with Crippen LogP contribution in [0, 0.1) is 0 Å². The fourth-order valence-electron chi connectivity index (χ4n) is 1.65. The molecule has 0 aliphatic rings. The molecule has 0 saturated heterocycles. The topological polar surface area (TPSA) is 79.5 Å². The Bertz CT molecular complexity index is 463. The van der Waals surface area contributed by atoms with Gasteiger partial charge in [0.2, 0.25) is 11.8 Å². The molecule has 6 heteroatoms. The summed E-state index contributed by atoms with van der Waals surface area (Å²) in [5.41, 5.74) is 1.50. The van der Waals surface area contributed by atoms with E-state index in [1.807, 2.05) is 18.2 Å². The lowest BCUT2D eigenvalue weighted by atomic mass is 10.2. The summed E-state index contributed by atoms with van der Waals surface area (Å²) >= 11 is 0. The molecule has 0 aromatic heterocycles. The van der Waals surface area contributed by atoms with Gasteiger partial charge in [0.1, 0.15) is 0 Å². The smallest absolute Gasteiger partial charge is 0.239 e. The maximum atomic E-state index is 11.6. The number of carbonyl (C=O) groups is 2. The van der Waals surface area contributed by atoms with Crippen molar-refractivity contribution in [2.45, 2.75) is 19.8 Å². The van der Waals surface area contributed by atoms with Crippen molar-refractivity contribution in [2.75, 3.05) is 37.4 Å². The van der Waals surface area contributed by atoms with Gasteiger partial charge in [-0.05, 0) is 24.6 Å². The molecule has 0 aliphatic heterocycles. The van der Waals surface area contributed by atoms with Crippen molar-refractivity contribution in [3.63, 3.8) is 0 Å². The monoisotopic (exact) mass is 293 g/mol. The van der Waals surface area contributed by atoms with E-state index in [9.17, 15) is 9.59 Å². The fraction of sp³-hybridized carbons (Fsp3) is 0.467. The molecule has 0 spiro atoms. The van der Waals surface area contributed by atoms with Crippen LogP contribution in [0.15, 0.2) is 24.3 Å². The minimum absolute atomic E-state index is 0.0389. The summed E-state index contributed by atoms with van der Waals surface area (Å²) in [6.45, 7) is 3.22. The maximum absolute atomic E-state index is 11.6. The predicted octanol–water partition coefficient (Wildman–Crippen LogP) is 1.60. The zero-order valence-electron chi connectivity index (χ0n) is 12.6. The van der Waals surface area contributed by atoms with Crippen LogP contribution < -0.4 is 16.0 Å². The van der Waals surface area contributed by atoms with Crippen molar-refractivity contribution in [2.24, 2.45) is 0 Å². The second-order valence-electron chi connectivity index (χ2n) is 4.53. The first-order valence-corrected chi connectivity index (χ1v) is 7.05. The van der Waals surface area contributed by atoms with Crippen molar-refractivity contribution in [3.05, 3.63) is 24.3 Å². The number of ether oxygens (including phenoxy) is 1. The third-order valence-electron chi connectivity index (χ3n) is 2.77. The van der Waals surface area contributed by atoms with Gasteiger partial charge in [-0.3, -0.25) is 9.59 Å². The van der Waals surface area contributed by atoms with Crippen molar-refractivity contribution in [1.82, 2.24) is 5.32 Å². The van der Waals surface area contributed by atoms with Crippen LogP contribution in [-0.4, -0.2) is 38.6 Å². The van der Waals surface area contributed by atoms with E-state index in [-0.39, 0.29) is 18.4 Å². The van der Waals surface area contributed by atoms with Gasteiger partial charge >= 0.3 is 0 Å². The van der Waals surface area contributed by atoms with Crippen molar-refractivity contribution < 1.29 is 14.3 Å². The minimum atomic E-state index is -0.0749. The van der Waals surface area contributed by atoms with Crippen LogP contribution in [0.4, 0.5) is 11.4 Å². The first kappa shape index (κ1) is 17.0. The number of carbonyl (C=O) groups excluding carboxylic acids is 2. The van der Waals surface area contributed by atoms with Gasteiger partial charge in [0.05, 0.1) is 6.54 Å². The zero-order chi connectivity index (χ0) is 15.5. The third kappa shape index (κ3) is 7.31. The molecule has 6 nitrogen and oxygen atoms in total. The van der Waals surface area contributed by atoms with E-state index in [0.717, 1.165) is 12.1 Å². The highest BCUT2D eigenvalue weighted by Gasteiger charge is 2.02. The van der Waals surface area contributed by atoms with Gasteiger partial charge < -0.3 is 20.7 Å². The molecule has 0 fully saturated rings. The van der Waals surface area contributed by atoms with E-state index in [1.54, 1.807) is 20.1 Å². The molecule has 0 unspecified atom stereocenters. The Labute approximate surface area is 125 Å². The number of hydrogen-bond acceptors (Lipinski definition) is 4. The molecule has 3 N–H and O–H groups in total. The summed E-state index contributed by atoms with van der Waals surface area (Å²) in [5.74, 6) is -0.114. The Morgan fingerprint density at radius 3 is 2.67 bits per heavy atom. The molecule has 0 aliphatic carbocycles. The molecule has 1 aromatic carbocycles. The number of nitrogens with one attached hydrogen (secondary N) is 3. The molecule has 0 radical (unpaired) electrons. The minimum Gasteiger partial charge on any atom is -0.385 e. The summed E-state index contributed by atoms with van der Waals surface area (Å²) in [7, 11) is 1.63. The summed E-state index contributed by atoms with van der Waals surface area (Å²) in [4.78, 5) is 22.9. The number of amides is 2. The van der Waals surface area contributed by atoms with E-state index >= 15 is 0 Å². The number of hydrogen-bond donors (Lipinski definition) is 3. The highest BCUT2D eigenvalue weighted by atomic mass is 16.5. The van der Waals surface area contributed by atoms with Crippen LogP contribution in [0.3, 0.4) is 0 Å². The highest BCUT2D eigenvalue weighted by molar-refractivity contribution is 5.91. The van der Waals surface area contributed by atoms with Gasteiger partial charge in [-0.15, -0.1) is 0 Å². The van der Waals surface area contributed by atoms with E-state index in [1.165, 1.54) is 0 Å². The lowest BCUT2D eigenvalue weighted by Crippen LogP contribution is -2.31. The van der Waals surface area contributed by atoms with Crippen LogP contribution in [0.2, 0.25) is 0 Å². The SMILES string of the molecule is CCC(=O)Nc1cccc(NCC(=O)NCCCOC)c1. The maximum Gasteiger partial charge on any atom is 0.239 e. The molecule has 0 bridgehead atoms. The third-order valence-corrected chi connectivity index (χ3v) is 2.77. The molecule has 21 heavy (non-hydrogen) atoms. The van der Waals surface area contributed by atoms with E-state index < -0.39 is 0 Å². The number of methoxy groups -OCH3 is 1. The molecular formula is C15H23N3O3. The van der Waals surface area contributed by atoms with Crippen LogP contribution in [0.25, 0.3) is 0 Å².